The maximum atomic E-state index is 12.6. The first-order valence-corrected chi connectivity index (χ1v) is 8.82. The minimum absolute atomic E-state index is 0.0238. The number of amides is 1. The lowest BCUT2D eigenvalue weighted by Crippen LogP contribution is -2.43. The molecule has 0 aromatic heterocycles. The highest BCUT2D eigenvalue weighted by atomic mass is 16.5. The molecule has 24 heavy (non-hydrogen) atoms. The molecule has 1 fully saturated rings. The molecule has 5 nitrogen and oxygen atoms in total. The number of anilines is 1. The Hall–Kier alpha value is -1.59. The van der Waals surface area contributed by atoms with Gasteiger partial charge in [-0.2, -0.15) is 0 Å². The van der Waals surface area contributed by atoms with Crippen LogP contribution >= 0.6 is 0 Å². The van der Waals surface area contributed by atoms with Gasteiger partial charge in [0, 0.05) is 58.4 Å². The van der Waals surface area contributed by atoms with Crippen LogP contribution in [0.5, 0.6) is 0 Å². The minimum Gasteiger partial charge on any atom is -0.379 e. The Morgan fingerprint density at radius 2 is 1.79 bits per heavy atom. The molecule has 0 N–H and O–H groups in total. The molecule has 0 atom stereocenters. The molecule has 0 saturated carbocycles. The summed E-state index contributed by atoms with van der Waals surface area (Å²) in [7, 11) is 4.07. The second kappa shape index (κ2) is 9.04. The summed E-state index contributed by atoms with van der Waals surface area (Å²) in [5.41, 5.74) is 2.35. The number of carbonyl (C=O) groups excluding carboxylic acids is 1. The summed E-state index contributed by atoms with van der Waals surface area (Å²) in [6.07, 6.45) is 0. The van der Waals surface area contributed by atoms with Crippen LogP contribution in [0.1, 0.15) is 19.4 Å². The van der Waals surface area contributed by atoms with Crippen molar-refractivity contribution in [1.29, 1.82) is 0 Å². The molecule has 1 heterocycles. The fraction of sp³-hybridized carbons (Fsp3) is 0.632. The van der Waals surface area contributed by atoms with E-state index in [1.54, 1.807) is 0 Å². The van der Waals surface area contributed by atoms with Gasteiger partial charge in [-0.15, -0.1) is 0 Å². The quantitative estimate of drug-likeness (QED) is 0.765. The number of morpholine rings is 1. The highest BCUT2D eigenvalue weighted by Gasteiger charge is 2.19. The van der Waals surface area contributed by atoms with Gasteiger partial charge in [-0.05, 0) is 17.7 Å². The van der Waals surface area contributed by atoms with Crippen LogP contribution in [-0.4, -0.2) is 69.2 Å². The fourth-order valence-corrected chi connectivity index (χ4v) is 2.84. The third-order valence-electron chi connectivity index (χ3n) is 4.42. The van der Waals surface area contributed by atoms with Crippen molar-refractivity contribution < 1.29 is 9.53 Å². The van der Waals surface area contributed by atoms with E-state index >= 15 is 0 Å². The number of ether oxygens (including phenoxy) is 1. The van der Waals surface area contributed by atoms with E-state index in [0.29, 0.717) is 6.54 Å². The lowest BCUT2D eigenvalue weighted by molar-refractivity contribution is -0.135. The zero-order valence-electron chi connectivity index (χ0n) is 15.5. The van der Waals surface area contributed by atoms with Crippen LogP contribution in [0.15, 0.2) is 24.3 Å². The number of hydrogen-bond acceptors (Lipinski definition) is 4. The topological polar surface area (TPSA) is 36.0 Å². The first-order valence-electron chi connectivity index (χ1n) is 8.82. The molecule has 1 aliphatic heterocycles. The fourth-order valence-electron chi connectivity index (χ4n) is 2.84. The Balaban J connectivity index is 1.98. The lowest BCUT2D eigenvalue weighted by Gasteiger charge is -2.31. The van der Waals surface area contributed by atoms with Crippen molar-refractivity contribution in [2.45, 2.75) is 20.4 Å². The zero-order chi connectivity index (χ0) is 17.5. The number of hydrogen-bond donors (Lipinski definition) is 0. The molecule has 0 radical (unpaired) electrons. The Kier molecular flexibility index (Phi) is 7.06. The summed E-state index contributed by atoms with van der Waals surface area (Å²) >= 11 is 0. The highest BCUT2D eigenvalue weighted by Crippen LogP contribution is 2.15. The molecule has 0 spiro atoms. The Morgan fingerprint density at radius 1 is 1.17 bits per heavy atom. The van der Waals surface area contributed by atoms with Gasteiger partial charge in [-0.3, -0.25) is 9.69 Å². The lowest BCUT2D eigenvalue weighted by atomic mass is 10.1. The summed E-state index contributed by atoms with van der Waals surface area (Å²) in [5, 5.41) is 0. The molecule has 0 bridgehead atoms. The second-order valence-corrected chi connectivity index (χ2v) is 6.93. The van der Waals surface area contributed by atoms with E-state index < -0.39 is 0 Å². The molecular weight excluding hydrogens is 302 g/mol. The number of carbonyl (C=O) groups is 1. The normalized spacial score (nSPS) is 15.5. The average molecular weight is 333 g/mol. The van der Waals surface area contributed by atoms with Crippen LogP contribution in [0.4, 0.5) is 5.69 Å². The number of nitrogens with zero attached hydrogens (tertiary/aromatic N) is 3. The molecule has 1 aromatic carbocycles. The Morgan fingerprint density at radius 3 is 2.33 bits per heavy atom. The van der Waals surface area contributed by atoms with Crippen LogP contribution in [0.25, 0.3) is 0 Å². The van der Waals surface area contributed by atoms with Crippen molar-refractivity contribution in [1.82, 2.24) is 9.80 Å². The van der Waals surface area contributed by atoms with Gasteiger partial charge in [0.25, 0.3) is 0 Å². The third kappa shape index (κ3) is 5.49. The first-order chi connectivity index (χ1) is 11.5. The molecule has 2 rings (SSSR count). The largest absolute Gasteiger partial charge is 0.379 e. The van der Waals surface area contributed by atoms with E-state index in [2.05, 4.69) is 34.1 Å². The summed E-state index contributed by atoms with van der Waals surface area (Å²) in [6.45, 7) is 9.81. The van der Waals surface area contributed by atoms with E-state index in [1.165, 1.54) is 11.3 Å². The highest BCUT2D eigenvalue weighted by molar-refractivity contribution is 5.78. The molecule has 0 aliphatic carbocycles. The molecule has 1 aliphatic rings. The first kappa shape index (κ1) is 18.7. The van der Waals surface area contributed by atoms with Gasteiger partial charge >= 0.3 is 0 Å². The van der Waals surface area contributed by atoms with Gasteiger partial charge < -0.3 is 14.5 Å². The summed E-state index contributed by atoms with van der Waals surface area (Å²) in [6, 6.07) is 8.44. The standard InChI is InChI=1S/C19H31N3O2/c1-16(2)19(23)22(10-9-21-11-13-24-14-12-21)15-17-5-7-18(8-6-17)20(3)4/h5-8,16H,9-15H2,1-4H3. The average Bonchev–Trinajstić information content (AvgIpc) is 2.59. The van der Waals surface area contributed by atoms with E-state index in [9.17, 15) is 4.79 Å². The van der Waals surface area contributed by atoms with Gasteiger partial charge in [0.1, 0.15) is 0 Å². The van der Waals surface area contributed by atoms with E-state index in [4.69, 9.17) is 4.74 Å². The van der Waals surface area contributed by atoms with Crippen molar-refractivity contribution in [2.75, 3.05) is 58.4 Å². The molecule has 1 aromatic rings. The zero-order valence-corrected chi connectivity index (χ0v) is 15.5. The molecular formula is C19H31N3O2. The molecule has 0 unspecified atom stereocenters. The van der Waals surface area contributed by atoms with Gasteiger partial charge in [-0.1, -0.05) is 26.0 Å². The molecule has 1 amide bonds. The molecule has 1 saturated heterocycles. The maximum Gasteiger partial charge on any atom is 0.225 e. The third-order valence-corrected chi connectivity index (χ3v) is 4.42. The smallest absolute Gasteiger partial charge is 0.225 e. The van der Waals surface area contributed by atoms with E-state index in [0.717, 1.165) is 39.4 Å². The van der Waals surface area contributed by atoms with Gasteiger partial charge in [0.05, 0.1) is 13.2 Å². The van der Waals surface area contributed by atoms with E-state index in [-0.39, 0.29) is 11.8 Å². The predicted octanol–water partition coefficient (Wildman–Crippen LogP) is 2.07. The summed E-state index contributed by atoms with van der Waals surface area (Å²) in [5.74, 6) is 0.246. The van der Waals surface area contributed by atoms with Crippen molar-refractivity contribution in [3.63, 3.8) is 0 Å². The van der Waals surface area contributed by atoms with Crippen molar-refractivity contribution in [3.05, 3.63) is 29.8 Å². The number of benzene rings is 1. The van der Waals surface area contributed by atoms with Gasteiger partial charge in [0.2, 0.25) is 5.91 Å². The van der Waals surface area contributed by atoms with Gasteiger partial charge in [-0.25, -0.2) is 0 Å². The SMILES string of the molecule is CC(C)C(=O)N(CCN1CCOCC1)Cc1ccc(N(C)C)cc1. The van der Waals surface area contributed by atoms with Crippen LogP contribution < -0.4 is 4.90 Å². The van der Waals surface area contributed by atoms with Crippen LogP contribution in [-0.2, 0) is 16.1 Å². The predicted molar refractivity (Wildman–Crippen MR) is 98.3 cm³/mol. The summed E-state index contributed by atoms with van der Waals surface area (Å²) in [4.78, 5) is 19.0. The monoisotopic (exact) mass is 333 g/mol. The molecule has 134 valence electrons. The summed E-state index contributed by atoms with van der Waals surface area (Å²) < 4.78 is 5.39. The Bertz CT molecular complexity index is 508. The van der Waals surface area contributed by atoms with Crippen molar-refractivity contribution in [2.24, 2.45) is 5.92 Å². The second-order valence-electron chi connectivity index (χ2n) is 6.93. The molecule has 5 heteroatoms. The van der Waals surface area contributed by atoms with Crippen molar-refractivity contribution >= 4 is 11.6 Å². The number of rotatable bonds is 7. The van der Waals surface area contributed by atoms with Crippen LogP contribution in [0, 0.1) is 5.92 Å². The van der Waals surface area contributed by atoms with Gasteiger partial charge in [0.15, 0.2) is 0 Å². The van der Waals surface area contributed by atoms with E-state index in [1.807, 2.05) is 32.8 Å². The minimum atomic E-state index is 0.0238. The van der Waals surface area contributed by atoms with Crippen LogP contribution in [0.3, 0.4) is 0 Å². The van der Waals surface area contributed by atoms with Crippen LogP contribution in [0.2, 0.25) is 0 Å². The maximum absolute atomic E-state index is 12.6. The van der Waals surface area contributed by atoms with Crippen molar-refractivity contribution in [3.8, 4) is 0 Å². The Labute approximate surface area is 146 Å².